The van der Waals surface area contributed by atoms with Crippen molar-refractivity contribution in [3.8, 4) is 11.4 Å². The number of amides is 1. The second kappa shape index (κ2) is 6.83. The largest absolute Gasteiger partial charge is 0.351 e. The zero-order valence-corrected chi connectivity index (χ0v) is 14.4. The van der Waals surface area contributed by atoms with E-state index in [4.69, 9.17) is 0 Å². The predicted octanol–water partition coefficient (Wildman–Crippen LogP) is 1.98. The van der Waals surface area contributed by atoms with E-state index in [1.807, 2.05) is 58.9 Å². The summed E-state index contributed by atoms with van der Waals surface area (Å²) in [4.78, 5) is 12.3. The molecule has 0 unspecified atom stereocenters. The number of para-hydroxylation sites is 1. The Morgan fingerprint density at radius 3 is 2.96 bits per heavy atom. The monoisotopic (exact) mass is 349 g/mol. The number of aromatic amines is 1. The second-order valence-corrected chi connectivity index (χ2v) is 6.08. The molecule has 8 heteroatoms. The number of H-pyrrole nitrogens is 1. The van der Waals surface area contributed by atoms with Gasteiger partial charge in [-0.15, -0.1) is 5.10 Å². The average Bonchev–Trinajstić information content (AvgIpc) is 3.38. The fourth-order valence-electron chi connectivity index (χ4n) is 2.90. The van der Waals surface area contributed by atoms with Crippen LogP contribution in [-0.2, 0) is 13.6 Å². The molecule has 3 aromatic heterocycles. The molecule has 4 aromatic rings. The van der Waals surface area contributed by atoms with Gasteiger partial charge in [-0.05, 0) is 36.8 Å². The Bertz CT molecular complexity index is 1040. The van der Waals surface area contributed by atoms with E-state index in [1.165, 1.54) is 0 Å². The van der Waals surface area contributed by atoms with Crippen molar-refractivity contribution in [1.29, 1.82) is 0 Å². The van der Waals surface area contributed by atoms with Crippen LogP contribution < -0.4 is 5.32 Å². The minimum atomic E-state index is -0.165. The van der Waals surface area contributed by atoms with Gasteiger partial charge in [0.05, 0.1) is 11.2 Å². The van der Waals surface area contributed by atoms with Crippen LogP contribution >= 0.6 is 0 Å². The van der Waals surface area contributed by atoms with E-state index in [9.17, 15) is 4.79 Å². The molecule has 0 saturated carbocycles. The van der Waals surface area contributed by atoms with Crippen LogP contribution in [0.2, 0.25) is 0 Å². The minimum absolute atomic E-state index is 0.165. The number of fused-ring (bicyclic) bond motifs is 1. The van der Waals surface area contributed by atoms with Crippen LogP contribution in [0.4, 0.5) is 0 Å². The van der Waals surface area contributed by atoms with Gasteiger partial charge in [-0.25, -0.2) is 4.68 Å². The highest BCUT2D eigenvalue weighted by molar-refractivity contribution is 5.93. The molecule has 0 radical (unpaired) electrons. The van der Waals surface area contributed by atoms with Crippen molar-refractivity contribution in [2.45, 2.75) is 13.0 Å². The van der Waals surface area contributed by atoms with Crippen molar-refractivity contribution in [2.24, 2.45) is 7.05 Å². The number of carbonyl (C=O) groups is 1. The van der Waals surface area contributed by atoms with Gasteiger partial charge in [-0.3, -0.25) is 9.89 Å². The Kier molecular flexibility index (Phi) is 4.22. The molecule has 0 aliphatic carbocycles. The Balaban J connectivity index is 1.32. The molecule has 132 valence electrons. The number of aromatic nitrogens is 6. The maximum atomic E-state index is 12.3. The van der Waals surface area contributed by atoms with Crippen LogP contribution in [0.3, 0.4) is 0 Å². The van der Waals surface area contributed by atoms with Crippen molar-refractivity contribution in [3.05, 3.63) is 54.4 Å². The summed E-state index contributed by atoms with van der Waals surface area (Å²) in [7, 11) is 1.94. The summed E-state index contributed by atoms with van der Waals surface area (Å²) in [5.74, 6) is -0.165. The standard InChI is InChI=1S/C18H19N7O/c1-24-10-4-8-16(24)14-12-15(21-20-14)18(26)19-9-5-11-25-17-7-3-2-6-13(17)22-23-25/h2-4,6-8,10,12H,5,9,11H2,1H3,(H,19,26)(H,20,21). The number of hydrogen-bond acceptors (Lipinski definition) is 4. The van der Waals surface area contributed by atoms with Crippen LogP contribution in [0.15, 0.2) is 48.7 Å². The lowest BCUT2D eigenvalue weighted by molar-refractivity contribution is 0.0947. The van der Waals surface area contributed by atoms with Crippen molar-refractivity contribution in [3.63, 3.8) is 0 Å². The van der Waals surface area contributed by atoms with E-state index in [-0.39, 0.29) is 5.91 Å². The lowest BCUT2D eigenvalue weighted by Gasteiger charge is -2.04. The smallest absolute Gasteiger partial charge is 0.269 e. The highest BCUT2D eigenvalue weighted by Gasteiger charge is 2.12. The number of carbonyl (C=O) groups excluding carboxylic acids is 1. The quantitative estimate of drug-likeness (QED) is 0.521. The molecule has 1 aromatic carbocycles. The van der Waals surface area contributed by atoms with Crippen LogP contribution in [0.25, 0.3) is 22.4 Å². The maximum absolute atomic E-state index is 12.3. The molecule has 26 heavy (non-hydrogen) atoms. The molecule has 0 aliphatic rings. The highest BCUT2D eigenvalue weighted by atomic mass is 16.1. The fourth-order valence-corrected chi connectivity index (χ4v) is 2.90. The SMILES string of the molecule is Cn1cccc1-c1cc(C(=O)NCCCn2nnc3ccccc32)[nH]n1. The second-order valence-electron chi connectivity index (χ2n) is 6.08. The Morgan fingerprint density at radius 2 is 2.12 bits per heavy atom. The van der Waals surface area contributed by atoms with E-state index >= 15 is 0 Å². The molecule has 0 aliphatic heterocycles. The van der Waals surface area contributed by atoms with Gasteiger partial charge in [0.1, 0.15) is 16.9 Å². The molecular formula is C18H19N7O. The zero-order chi connectivity index (χ0) is 17.9. The number of benzene rings is 1. The molecule has 2 N–H and O–H groups in total. The first-order chi connectivity index (χ1) is 12.7. The van der Waals surface area contributed by atoms with Crippen LogP contribution in [0.5, 0.6) is 0 Å². The molecule has 0 bridgehead atoms. The summed E-state index contributed by atoms with van der Waals surface area (Å²) in [5.41, 5.74) is 4.03. The third-order valence-electron chi connectivity index (χ3n) is 4.28. The summed E-state index contributed by atoms with van der Waals surface area (Å²) in [5, 5.41) is 18.2. The number of hydrogen-bond donors (Lipinski definition) is 2. The Morgan fingerprint density at radius 1 is 1.23 bits per heavy atom. The van der Waals surface area contributed by atoms with E-state index in [2.05, 4.69) is 25.8 Å². The Hall–Kier alpha value is -3.42. The topological polar surface area (TPSA) is 93.4 Å². The summed E-state index contributed by atoms with van der Waals surface area (Å²) in [6.45, 7) is 1.24. The third-order valence-corrected chi connectivity index (χ3v) is 4.28. The van der Waals surface area contributed by atoms with E-state index in [0.717, 1.165) is 28.8 Å². The van der Waals surface area contributed by atoms with Gasteiger partial charge in [0, 0.05) is 26.3 Å². The fraction of sp³-hybridized carbons (Fsp3) is 0.222. The third kappa shape index (κ3) is 3.08. The van der Waals surface area contributed by atoms with E-state index in [0.29, 0.717) is 18.8 Å². The first-order valence-electron chi connectivity index (χ1n) is 8.46. The molecule has 1 amide bonds. The van der Waals surface area contributed by atoms with Gasteiger partial charge < -0.3 is 9.88 Å². The lowest BCUT2D eigenvalue weighted by atomic mass is 10.2. The van der Waals surface area contributed by atoms with Crippen LogP contribution in [0.1, 0.15) is 16.9 Å². The molecule has 0 atom stereocenters. The average molecular weight is 349 g/mol. The summed E-state index contributed by atoms with van der Waals surface area (Å²) < 4.78 is 3.81. The van der Waals surface area contributed by atoms with Crippen molar-refractivity contribution < 1.29 is 4.79 Å². The molecule has 8 nitrogen and oxygen atoms in total. The lowest BCUT2D eigenvalue weighted by Crippen LogP contribution is -2.25. The minimum Gasteiger partial charge on any atom is -0.351 e. The summed E-state index contributed by atoms with van der Waals surface area (Å²) in [6, 6.07) is 13.5. The van der Waals surface area contributed by atoms with Gasteiger partial charge in [0.2, 0.25) is 0 Å². The molecule has 0 fully saturated rings. The molecule has 4 rings (SSSR count). The van der Waals surface area contributed by atoms with Crippen LogP contribution in [-0.4, -0.2) is 42.2 Å². The molecule has 0 spiro atoms. The summed E-state index contributed by atoms with van der Waals surface area (Å²) in [6.07, 6.45) is 2.70. The van der Waals surface area contributed by atoms with E-state index in [1.54, 1.807) is 6.07 Å². The number of rotatable bonds is 6. The van der Waals surface area contributed by atoms with Gasteiger partial charge in [0.25, 0.3) is 5.91 Å². The molecule has 3 heterocycles. The number of aryl methyl sites for hydroxylation is 2. The molecular weight excluding hydrogens is 330 g/mol. The highest BCUT2D eigenvalue weighted by Crippen LogP contribution is 2.17. The van der Waals surface area contributed by atoms with Gasteiger partial charge >= 0.3 is 0 Å². The normalized spacial score (nSPS) is 11.1. The van der Waals surface area contributed by atoms with Crippen molar-refractivity contribution >= 4 is 16.9 Å². The molecule has 0 saturated heterocycles. The Labute approximate surface area is 149 Å². The zero-order valence-electron chi connectivity index (χ0n) is 14.4. The first kappa shape index (κ1) is 16.1. The predicted molar refractivity (Wildman–Crippen MR) is 97.5 cm³/mol. The van der Waals surface area contributed by atoms with Gasteiger partial charge in [-0.2, -0.15) is 5.10 Å². The number of nitrogens with one attached hydrogen (secondary N) is 2. The maximum Gasteiger partial charge on any atom is 0.269 e. The van der Waals surface area contributed by atoms with Gasteiger partial charge in [0.15, 0.2) is 0 Å². The van der Waals surface area contributed by atoms with Crippen molar-refractivity contribution in [1.82, 2.24) is 35.1 Å². The van der Waals surface area contributed by atoms with Crippen molar-refractivity contribution in [2.75, 3.05) is 6.54 Å². The number of nitrogens with zero attached hydrogens (tertiary/aromatic N) is 5. The van der Waals surface area contributed by atoms with Gasteiger partial charge in [-0.1, -0.05) is 17.3 Å². The first-order valence-corrected chi connectivity index (χ1v) is 8.46. The van der Waals surface area contributed by atoms with E-state index < -0.39 is 0 Å². The van der Waals surface area contributed by atoms with Crippen LogP contribution in [0, 0.1) is 0 Å². The summed E-state index contributed by atoms with van der Waals surface area (Å²) >= 11 is 0.